The van der Waals surface area contributed by atoms with Gasteiger partial charge in [0.05, 0.1) is 0 Å². The smallest absolute Gasteiger partial charge is 0.159 e. The van der Waals surface area contributed by atoms with Gasteiger partial charge >= 0.3 is 0 Å². The lowest BCUT2D eigenvalue weighted by atomic mass is 10.2. The van der Waals surface area contributed by atoms with Gasteiger partial charge in [0, 0.05) is 0 Å². The van der Waals surface area contributed by atoms with Gasteiger partial charge in [-0.3, -0.25) is 0 Å². The summed E-state index contributed by atoms with van der Waals surface area (Å²) < 4.78 is 36.7. The van der Waals surface area contributed by atoms with Crippen molar-refractivity contribution in [3.63, 3.8) is 0 Å². The molecule has 0 amide bonds. The van der Waals surface area contributed by atoms with Crippen molar-refractivity contribution in [2.24, 2.45) is 0 Å². The van der Waals surface area contributed by atoms with Gasteiger partial charge in [-0.2, -0.15) is 0 Å². The molecule has 0 radical (unpaired) electrons. The molecule has 26 heavy (non-hydrogen) atoms. The van der Waals surface area contributed by atoms with E-state index in [1.54, 1.807) is 18.2 Å². The van der Waals surface area contributed by atoms with Gasteiger partial charge in [-0.05, 0) is 55.2 Å². The standard InChI is InChI=1S/C8H8F2.C8H10.C7H7F/c1-2-6-3-4-7(9)8(10)5-6;1-2-8-6-4-3-5-7-8;1-6-2-4-7(8)5-3-6/h3-5H,2H2,1H3;3-7H,2H2,1H3;2-5H,1H3. The summed E-state index contributed by atoms with van der Waals surface area (Å²) in [4.78, 5) is 0. The second-order valence-corrected chi connectivity index (χ2v) is 5.74. The number of hydrogen-bond acceptors (Lipinski definition) is 0. The molecule has 3 heteroatoms. The molecule has 0 atom stereocenters. The molecule has 0 saturated heterocycles. The van der Waals surface area contributed by atoms with Crippen molar-refractivity contribution in [1.82, 2.24) is 0 Å². The summed E-state index contributed by atoms with van der Waals surface area (Å²) >= 11 is 0. The fraction of sp³-hybridized carbons (Fsp3) is 0.217. The maximum Gasteiger partial charge on any atom is 0.159 e. The van der Waals surface area contributed by atoms with Crippen LogP contribution in [0.15, 0.2) is 72.8 Å². The summed E-state index contributed by atoms with van der Waals surface area (Å²) in [6.45, 7) is 5.99. The third-order valence-electron chi connectivity index (χ3n) is 3.65. The maximum atomic E-state index is 12.4. The summed E-state index contributed by atoms with van der Waals surface area (Å²) in [5.74, 6) is -1.72. The Balaban J connectivity index is 0.000000197. The Morgan fingerprint density at radius 2 is 1.19 bits per heavy atom. The molecule has 0 heterocycles. The monoisotopic (exact) mass is 358 g/mol. The van der Waals surface area contributed by atoms with Crippen molar-refractivity contribution in [2.45, 2.75) is 33.6 Å². The van der Waals surface area contributed by atoms with Crippen LogP contribution in [-0.2, 0) is 12.8 Å². The second-order valence-electron chi connectivity index (χ2n) is 5.74. The van der Waals surface area contributed by atoms with Crippen molar-refractivity contribution in [1.29, 1.82) is 0 Å². The lowest BCUT2D eigenvalue weighted by molar-refractivity contribution is 0.507. The van der Waals surface area contributed by atoms with Crippen LogP contribution in [0.2, 0.25) is 0 Å². The topological polar surface area (TPSA) is 0 Å². The molecule has 0 aliphatic rings. The average Bonchev–Trinajstić information content (AvgIpc) is 2.68. The quantitative estimate of drug-likeness (QED) is 0.467. The van der Waals surface area contributed by atoms with Crippen LogP contribution in [0.3, 0.4) is 0 Å². The SMILES string of the molecule is CCc1ccc(F)c(F)c1.CCc1ccccc1.Cc1ccc(F)cc1. The van der Waals surface area contributed by atoms with Gasteiger partial charge in [-0.15, -0.1) is 0 Å². The molecule has 3 aromatic carbocycles. The highest BCUT2D eigenvalue weighted by atomic mass is 19.2. The van der Waals surface area contributed by atoms with Crippen LogP contribution in [0.1, 0.15) is 30.5 Å². The van der Waals surface area contributed by atoms with Crippen LogP contribution in [0.4, 0.5) is 13.2 Å². The molecule has 3 rings (SSSR count). The van der Waals surface area contributed by atoms with Gasteiger partial charge in [-0.25, -0.2) is 13.2 Å². The van der Waals surface area contributed by atoms with E-state index >= 15 is 0 Å². The summed E-state index contributed by atoms with van der Waals surface area (Å²) in [7, 11) is 0. The van der Waals surface area contributed by atoms with Gasteiger partial charge < -0.3 is 0 Å². The third-order valence-corrected chi connectivity index (χ3v) is 3.65. The third kappa shape index (κ3) is 8.52. The van der Waals surface area contributed by atoms with Crippen molar-refractivity contribution in [3.8, 4) is 0 Å². The fourth-order valence-corrected chi connectivity index (χ4v) is 2.01. The van der Waals surface area contributed by atoms with Gasteiger partial charge in [0.25, 0.3) is 0 Å². The maximum absolute atomic E-state index is 12.4. The Morgan fingerprint density at radius 3 is 1.62 bits per heavy atom. The predicted octanol–water partition coefficient (Wildman–Crippen LogP) is 6.91. The molecule has 0 aliphatic heterocycles. The van der Waals surface area contributed by atoms with Gasteiger partial charge in [0.15, 0.2) is 11.6 Å². The number of hydrogen-bond donors (Lipinski definition) is 0. The van der Waals surface area contributed by atoms with Gasteiger partial charge in [-0.1, -0.05) is 67.9 Å². The molecule has 0 aliphatic carbocycles. The molecule has 0 fully saturated rings. The van der Waals surface area contributed by atoms with E-state index in [9.17, 15) is 13.2 Å². The van der Waals surface area contributed by atoms with E-state index in [0.717, 1.165) is 30.0 Å². The lowest BCUT2D eigenvalue weighted by Gasteiger charge is -1.95. The molecular weight excluding hydrogens is 333 g/mol. The number of halogens is 3. The van der Waals surface area contributed by atoms with E-state index in [4.69, 9.17) is 0 Å². The van der Waals surface area contributed by atoms with Gasteiger partial charge in [0.2, 0.25) is 0 Å². The first-order chi connectivity index (χ1) is 12.5. The molecule has 0 nitrogen and oxygen atoms in total. The van der Waals surface area contributed by atoms with E-state index < -0.39 is 11.6 Å². The molecule has 3 aromatic rings. The Kier molecular flexibility index (Phi) is 9.85. The normalized spacial score (nSPS) is 9.46. The zero-order valence-electron chi connectivity index (χ0n) is 15.5. The van der Waals surface area contributed by atoms with E-state index in [-0.39, 0.29) is 5.82 Å². The molecule has 0 aromatic heterocycles. The second kappa shape index (κ2) is 11.9. The highest BCUT2D eigenvalue weighted by Gasteiger charge is 1.99. The van der Waals surface area contributed by atoms with Crippen LogP contribution in [0.25, 0.3) is 0 Å². The minimum Gasteiger partial charge on any atom is -0.207 e. The molecule has 0 spiro atoms. The number of rotatable bonds is 2. The predicted molar refractivity (Wildman–Crippen MR) is 103 cm³/mol. The zero-order chi connectivity index (χ0) is 19.4. The molecule has 0 saturated carbocycles. The lowest BCUT2D eigenvalue weighted by Crippen LogP contribution is -1.86. The minimum atomic E-state index is -0.780. The zero-order valence-corrected chi connectivity index (χ0v) is 15.5. The van der Waals surface area contributed by atoms with E-state index in [0.29, 0.717) is 0 Å². The highest BCUT2D eigenvalue weighted by molar-refractivity contribution is 5.17. The summed E-state index contributed by atoms with van der Waals surface area (Å²) in [6, 6.07) is 20.8. The first kappa shape index (κ1) is 21.5. The Labute approximate surface area is 154 Å². The Morgan fingerprint density at radius 1 is 0.615 bits per heavy atom. The molecule has 0 unspecified atom stereocenters. The van der Waals surface area contributed by atoms with Crippen molar-refractivity contribution in [2.75, 3.05) is 0 Å². The number of aryl methyl sites for hydroxylation is 3. The van der Waals surface area contributed by atoms with Crippen LogP contribution in [-0.4, -0.2) is 0 Å². The van der Waals surface area contributed by atoms with Crippen LogP contribution < -0.4 is 0 Å². The average molecular weight is 358 g/mol. The van der Waals surface area contributed by atoms with Gasteiger partial charge in [0.1, 0.15) is 5.82 Å². The van der Waals surface area contributed by atoms with Crippen LogP contribution in [0.5, 0.6) is 0 Å². The van der Waals surface area contributed by atoms with Crippen molar-refractivity contribution in [3.05, 3.63) is 107 Å². The van der Waals surface area contributed by atoms with Crippen LogP contribution in [0, 0.1) is 24.4 Å². The van der Waals surface area contributed by atoms with E-state index in [1.807, 2.05) is 19.9 Å². The number of benzene rings is 3. The largest absolute Gasteiger partial charge is 0.207 e. The Bertz CT molecular complexity index is 729. The van der Waals surface area contributed by atoms with E-state index in [2.05, 4.69) is 31.2 Å². The molecule has 138 valence electrons. The van der Waals surface area contributed by atoms with Crippen molar-refractivity contribution >= 4 is 0 Å². The van der Waals surface area contributed by atoms with E-state index in [1.165, 1.54) is 23.8 Å². The first-order valence-corrected chi connectivity index (χ1v) is 8.66. The summed E-state index contributed by atoms with van der Waals surface area (Å²) in [5, 5.41) is 0. The summed E-state index contributed by atoms with van der Waals surface area (Å²) in [5.41, 5.74) is 3.32. The van der Waals surface area contributed by atoms with Crippen LogP contribution >= 0.6 is 0 Å². The summed E-state index contributed by atoms with van der Waals surface area (Å²) in [6.07, 6.45) is 1.87. The fourth-order valence-electron chi connectivity index (χ4n) is 2.01. The Hall–Kier alpha value is -2.55. The first-order valence-electron chi connectivity index (χ1n) is 8.66. The highest BCUT2D eigenvalue weighted by Crippen LogP contribution is 2.08. The molecule has 0 N–H and O–H groups in total. The molecular formula is C23H25F3. The van der Waals surface area contributed by atoms with Crippen molar-refractivity contribution < 1.29 is 13.2 Å². The minimum absolute atomic E-state index is 0.171. The molecule has 0 bridgehead atoms.